The van der Waals surface area contributed by atoms with Crippen molar-refractivity contribution in [1.29, 1.82) is 0 Å². The maximum atomic E-state index is 3.60. The molecule has 0 saturated heterocycles. The fourth-order valence-corrected chi connectivity index (χ4v) is 1.02. The minimum Gasteiger partial charge on any atom is -0.0990 e. The van der Waals surface area contributed by atoms with Gasteiger partial charge in [-0.05, 0) is 17.3 Å². The average Bonchev–Trinajstić information content (AvgIpc) is 1.85. The van der Waals surface area contributed by atoms with Crippen LogP contribution in [-0.4, -0.2) is 0 Å². The van der Waals surface area contributed by atoms with E-state index in [1.54, 1.807) is 6.08 Å². The van der Waals surface area contributed by atoms with Gasteiger partial charge in [0.25, 0.3) is 0 Å². The molecule has 0 aromatic heterocycles. The zero-order valence-electron chi connectivity index (χ0n) is 5.86. The van der Waals surface area contributed by atoms with Gasteiger partial charge in [0, 0.05) is 0 Å². The van der Waals surface area contributed by atoms with Crippen molar-refractivity contribution in [3.8, 4) is 0 Å². The van der Waals surface area contributed by atoms with E-state index in [0.29, 0.717) is 0 Å². The van der Waals surface area contributed by atoms with E-state index in [-0.39, 0.29) is 0 Å². The Morgan fingerprint density at radius 2 is 2.33 bits per heavy atom. The van der Waals surface area contributed by atoms with Crippen LogP contribution in [0, 0.1) is 0 Å². The van der Waals surface area contributed by atoms with E-state index in [4.69, 9.17) is 0 Å². The van der Waals surface area contributed by atoms with Crippen LogP contribution in [0.15, 0.2) is 23.2 Å². The fraction of sp³-hybridized carbons (Fsp3) is 0.500. The lowest BCUT2D eigenvalue weighted by Crippen LogP contribution is -1.71. The Labute approximate surface area is 65.8 Å². The van der Waals surface area contributed by atoms with Gasteiger partial charge in [-0.15, -0.1) is 0 Å². The summed E-state index contributed by atoms with van der Waals surface area (Å²) in [6.45, 7) is 5.79. The molecule has 0 nitrogen and oxygen atoms in total. The van der Waals surface area contributed by atoms with Gasteiger partial charge in [0.2, 0.25) is 0 Å². The molecule has 0 aromatic rings. The summed E-state index contributed by atoms with van der Waals surface area (Å²) in [4.78, 5) is 0. The second-order valence-electron chi connectivity index (χ2n) is 1.95. The number of hydrogen-bond acceptors (Lipinski definition) is 0. The minimum atomic E-state index is 1.14. The maximum absolute atomic E-state index is 3.60. The Kier molecular flexibility index (Phi) is 6.06. The third-order valence-corrected chi connectivity index (χ3v) is 1.73. The van der Waals surface area contributed by atoms with E-state index in [2.05, 4.69) is 29.4 Å². The van der Waals surface area contributed by atoms with Crippen LogP contribution in [0.1, 0.15) is 26.2 Å². The van der Waals surface area contributed by atoms with Gasteiger partial charge >= 0.3 is 0 Å². The first-order valence-corrected chi connectivity index (χ1v) is 4.07. The molecule has 52 valence electrons. The van der Waals surface area contributed by atoms with Crippen molar-refractivity contribution in [2.45, 2.75) is 26.2 Å². The number of halogens is 1. The Morgan fingerprint density at radius 3 is 2.78 bits per heavy atom. The van der Waals surface area contributed by atoms with E-state index in [0.717, 1.165) is 6.42 Å². The first-order valence-electron chi connectivity index (χ1n) is 3.28. The largest absolute Gasteiger partial charge is 0.0990 e. The van der Waals surface area contributed by atoms with E-state index in [9.17, 15) is 0 Å². The maximum Gasteiger partial charge on any atom is -0.00496 e. The van der Waals surface area contributed by atoms with Crippen LogP contribution in [0.25, 0.3) is 0 Å². The molecule has 0 aromatic carbocycles. The van der Waals surface area contributed by atoms with Gasteiger partial charge in [-0.1, -0.05) is 48.0 Å². The van der Waals surface area contributed by atoms with Crippen molar-refractivity contribution in [2.24, 2.45) is 0 Å². The molecule has 0 N–H and O–H groups in total. The third-order valence-electron chi connectivity index (χ3n) is 1.07. The number of unbranched alkanes of at least 4 members (excludes halogenated alkanes) is 1. The van der Waals surface area contributed by atoms with E-state index >= 15 is 0 Å². The molecule has 0 unspecified atom stereocenters. The number of hydrogen-bond donors (Lipinski definition) is 0. The van der Waals surface area contributed by atoms with Crippen LogP contribution < -0.4 is 0 Å². The Hall–Kier alpha value is -0.0400. The van der Waals surface area contributed by atoms with Crippen molar-refractivity contribution in [1.82, 2.24) is 0 Å². The van der Waals surface area contributed by atoms with E-state index in [1.165, 1.54) is 17.3 Å². The highest BCUT2D eigenvalue weighted by Crippen LogP contribution is 2.13. The summed E-state index contributed by atoms with van der Waals surface area (Å²) >= 11 is 3.43. The Morgan fingerprint density at radius 1 is 1.67 bits per heavy atom. The molecular weight excluding hydrogens is 176 g/mol. The van der Waals surface area contributed by atoms with Gasteiger partial charge < -0.3 is 0 Å². The molecule has 0 atom stereocenters. The lowest BCUT2D eigenvalue weighted by Gasteiger charge is -1.92. The van der Waals surface area contributed by atoms with Crippen LogP contribution >= 0.6 is 15.9 Å². The van der Waals surface area contributed by atoms with Crippen molar-refractivity contribution in [3.05, 3.63) is 23.2 Å². The normalized spacial score (nSPS) is 11.6. The molecule has 0 amide bonds. The van der Waals surface area contributed by atoms with Crippen LogP contribution in [0.2, 0.25) is 0 Å². The zero-order valence-corrected chi connectivity index (χ0v) is 7.45. The van der Waals surface area contributed by atoms with Crippen molar-refractivity contribution in [2.75, 3.05) is 0 Å². The van der Waals surface area contributed by atoms with Crippen LogP contribution in [0.4, 0.5) is 0 Å². The smallest absolute Gasteiger partial charge is 0.00496 e. The predicted octanol–water partition coefficient (Wildman–Crippen LogP) is 3.64. The quantitative estimate of drug-likeness (QED) is 0.592. The van der Waals surface area contributed by atoms with Crippen molar-refractivity contribution < 1.29 is 0 Å². The summed E-state index contributed by atoms with van der Waals surface area (Å²) in [5.74, 6) is 0. The van der Waals surface area contributed by atoms with Crippen molar-refractivity contribution in [3.63, 3.8) is 0 Å². The molecule has 9 heavy (non-hydrogen) atoms. The SMILES string of the molecule is C=C/C=C(/Br)CCCC. The molecule has 0 fully saturated rings. The monoisotopic (exact) mass is 188 g/mol. The summed E-state index contributed by atoms with van der Waals surface area (Å²) in [5.41, 5.74) is 0. The van der Waals surface area contributed by atoms with Gasteiger partial charge in [-0.2, -0.15) is 0 Å². The number of allylic oxidation sites excluding steroid dienone is 3. The lowest BCUT2D eigenvalue weighted by atomic mass is 10.2. The molecule has 0 heterocycles. The van der Waals surface area contributed by atoms with Gasteiger partial charge in [-0.3, -0.25) is 0 Å². The standard InChI is InChI=1S/C8H13Br/c1-3-5-7-8(9)6-4-2/h4,6H,2-3,5,7H2,1H3/b8-6+. The van der Waals surface area contributed by atoms with E-state index < -0.39 is 0 Å². The van der Waals surface area contributed by atoms with Crippen LogP contribution in [0.3, 0.4) is 0 Å². The summed E-state index contributed by atoms with van der Waals surface area (Å²) < 4.78 is 1.25. The summed E-state index contributed by atoms with van der Waals surface area (Å²) in [6, 6.07) is 0. The first kappa shape index (κ1) is 8.96. The van der Waals surface area contributed by atoms with Crippen LogP contribution in [-0.2, 0) is 0 Å². The zero-order chi connectivity index (χ0) is 7.11. The molecule has 0 aliphatic carbocycles. The lowest BCUT2D eigenvalue weighted by molar-refractivity contribution is 0.810. The second kappa shape index (κ2) is 6.09. The van der Waals surface area contributed by atoms with Gasteiger partial charge in [0.1, 0.15) is 0 Å². The highest BCUT2D eigenvalue weighted by atomic mass is 79.9. The predicted molar refractivity (Wildman–Crippen MR) is 46.7 cm³/mol. The highest BCUT2D eigenvalue weighted by molar-refractivity contribution is 9.11. The van der Waals surface area contributed by atoms with Gasteiger partial charge in [0.05, 0.1) is 0 Å². The average molecular weight is 189 g/mol. The molecular formula is C8H13Br. The molecule has 0 aliphatic heterocycles. The number of rotatable bonds is 4. The second-order valence-corrected chi connectivity index (χ2v) is 2.97. The molecule has 0 bridgehead atoms. The van der Waals surface area contributed by atoms with Crippen molar-refractivity contribution >= 4 is 15.9 Å². The Bertz CT molecular complexity index is 103. The first-order chi connectivity index (χ1) is 4.31. The van der Waals surface area contributed by atoms with Gasteiger partial charge in [-0.25, -0.2) is 0 Å². The Balaban J connectivity index is 3.36. The molecule has 0 spiro atoms. The van der Waals surface area contributed by atoms with Gasteiger partial charge in [0.15, 0.2) is 0 Å². The molecule has 0 rings (SSSR count). The molecule has 0 aliphatic rings. The summed E-state index contributed by atoms with van der Waals surface area (Å²) in [7, 11) is 0. The summed E-state index contributed by atoms with van der Waals surface area (Å²) in [6.07, 6.45) is 7.45. The summed E-state index contributed by atoms with van der Waals surface area (Å²) in [5, 5.41) is 0. The minimum absolute atomic E-state index is 1.14. The molecule has 1 heteroatoms. The van der Waals surface area contributed by atoms with E-state index in [1.807, 2.05) is 6.08 Å². The van der Waals surface area contributed by atoms with Crippen LogP contribution in [0.5, 0.6) is 0 Å². The molecule has 0 radical (unpaired) electrons. The topological polar surface area (TPSA) is 0 Å². The third kappa shape index (κ3) is 5.84. The molecule has 0 saturated carbocycles. The highest BCUT2D eigenvalue weighted by Gasteiger charge is 1.86. The fourth-order valence-electron chi connectivity index (χ4n) is 0.557.